The highest BCUT2D eigenvalue weighted by molar-refractivity contribution is 8.00. The topological polar surface area (TPSA) is 59.2 Å². The summed E-state index contributed by atoms with van der Waals surface area (Å²) in [6.45, 7) is 1.95. The maximum Gasteiger partial charge on any atom is 0.277 e. The van der Waals surface area contributed by atoms with Gasteiger partial charge in [0, 0.05) is 16.2 Å². The fourth-order valence-electron chi connectivity index (χ4n) is 2.60. The summed E-state index contributed by atoms with van der Waals surface area (Å²) in [4.78, 5) is 16.9. The van der Waals surface area contributed by atoms with E-state index < -0.39 is 0 Å². The molecule has 0 radical (unpaired) electrons. The van der Waals surface area contributed by atoms with Gasteiger partial charge in [-0.25, -0.2) is 0 Å². The molecule has 0 aliphatic carbocycles. The summed E-state index contributed by atoms with van der Waals surface area (Å²) in [5, 5.41) is 8.32. The predicted octanol–water partition coefficient (Wildman–Crippen LogP) is 4.55. The number of anilines is 2. The fourth-order valence-corrected chi connectivity index (χ4v) is 4.29. The number of aryl methyl sites for hydroxylation is 1. The van der Waals surface area contributed by atoms with Gasteiger partial charge in [0.05, 0.1) is 17.1 Å². The number of benzene rings is 2. The van der Waals surface area contributed by atoms with Crippen molar-refractivity contribution in [3.63, 3.8) is 0 Å². The molecule has 0 atom stereocenters. The van der Waals surface area contributed by atoms with Gasteiger partial charge >= 0.3 is 0 Å². The minimum absolute atomic E-state index is 0.0125. The summed E-state index contributed by atoms with van der Waals surface area (Å²) in [5.41, 5.74) is 1.83. The van der Waals surface area contributed by atoms with Crippen LogP contribution >= 0.6 is 23.5 Å². The number of amides is 1. The fraction of sp³-hybridized carbons (Fsp3) is 0.167. The summed E-state index contributed by atoms with van der Waals surface area (Å²) in [5.74, 6) is 0.806. The molecule has 0 bridgehead atoms. The SMILES string of the molecule is CCc1nnc(SCC(=O)N2c3ccccc3Sc3ccccc32)o1. The average molecular weight is 369 g/mol. The zero-order valence-corrected chi connectivity index (χ0v) is 15.1. The van der Waals surface area contributed by atoms with Gasteiger partial charge in [0.25, 0.3) is 5.22 Å². The van der Waals surface area contributed by atoms with E-state index in [9.17, 15) is 4.79 Å². The van der Waals surface area contributed by atoms with E-state index in [0.717, 1.165) is 21.2 Å². The molecule has 2 heterocycles. The zero-order chi connectivity index (χ0) is 17.2. The molecule has 0 fully saturated rings. The van der Waals surface area contributed by atoms with Gasteiger partial charge < -0.3 is 4.42 Å². The number of thioether (sulfide) groups is 1. The van der Waals surface area contributed by atoms with Crippen LogP contribution in [-0.4, -0.2) is 21.9 Å². The van der Waals surface area contributed by atoms with Crippen LogP contribution in [0.3, 0.4) is 0 Å². The van der Waals surface area contributed by atoms with Gasteiger partial charge in [0.2, 0.25) is 11.8 Å². The van der Waals surface area contributed by atoms with Gasteiger partial charge in [0.1, 0.15) is 0 Å². The zero-order valence-electron chi connectivity index (χ0n) is 13.5. The molecule has 2 aromatic carbocycles. The number of fused-ring (bicyclic) bond motifs is 2. The van der Waals surface area contributed by atoms with Crippen molar-refractivity contribution in [2.75, 3.05) is 10.7 Å². The molecule has 3 aromatic rings. The lowest BCUT2D eigenvalue weighted by molar-refractivity contribution is -0.115. The first-order chi connectivity index (χ1) is 12.3. The minimum Gasteiger partial charge on any atom is -0.416 e. The normalized spacial score (nSPS) is 12.6. The maximum absolute atomic E-state index is 13.0. The lowest BCUT2D eigenvalue weighted by Crippen LogP contribution is -2.29. The molecular formula is C18H15N3O2S2. The van der Waals surface area contributed by atoms with Gasteiger partial charge in [-0.1, -0.05) is 54.7 Å². The lowest BCUT2D eigenvalue weighted by Gasteiger charge is -2.30. The highest BCUT2D eigenvalue weighted by atomic mass is 32.2. The average Bonchev–Trinajstić information content (AvgIpc) is 3.12. The summed E-state index contributed by atoms with van der Waals surface area (Å²) < 4.78 is 5.48. The number of carbonyl (C=O) groups excluding carboxylic acids is 1. The second kappa shape index (κ2) is 6.93. The number of hydrogen-bond acceptors (Lipinski definition) is 6. The molecular weight excluding hydrogens is 354 g/mol. The van der Waals surface area contributed by atoms with E-state index in [1.54, 1.807) is 16.7 Å². The maximum atomic E-state index is 13.0. The summed E-state index contributed by atoms with van der Waals surface area (Å²) >= 11 is 2.95. The molecule has 7 heteroatoms. The first-order valence-corrected chi connectivity index (χ1v) is 9.70. The number of para-hydroxylation sites is 2. The van der Waals surface area contributed by atoms with E-state index in [0.29, 0.717) is 17.5 Å². The van der Waals surface area contributed by atoms with Gasteiger partial charge in [-0.15, -0.1) is 10.2 Å². The molecule has 1 aromatic heterocycles. The van der Waals surface area contributed by atoms with Crippen molar-refractivity contribution in [1.82, 2.24) is 10.2 Å². The number of rotatable bonds is 4. The van der Waals surface area contributed by atoms with Crippen LogP contribution in [0.2, 0.25) is 0 Å². The molecule has 1 aliphatic rings. The van der Waals surface area contributed by atoms with Gasteiger partial charge in [0.15, 0.2) is 0 Å². The second-order valence-electron chi connectivity index (χ2n) is 5.37. The Morgan fingerprint density at radius 3 is 2.32 bits per heavy atom. The van der Waals surface area contributed by atoms with Crippen LogP contribution < -0.4 is 4.90 Å². The number of nitrogens with zero attached hydrogens (tertiary/aromatic N) is 3. The van der Waals surface area contributed by atoms with Crippen LogP contribution in [0, 0.1) is 0 Å². The number of carbonyl (C=O) groups is 1. The van der Waals surface area contributed by atoms with E-state index in [-0.39, 0.29) is 11.7 Å². The Kier molecular flexibility index (Phi) is 4.50. The molecule has 0 spiro atoms. The molecule has 1 amide bonds. The van der Waals surface area contributed by atoms with E-state index in [2.05, 4.69) is 10.2 Å². The van der Waals surface area contributed by atoms with E-state index in [1.165, 1.54) is 11.8 Å². The third-order valence-electron chi connectivity index (χ3n) is 3.75. The Balaban J connectivity index is 1.61. The Labute approximate surface area is 153 Å². The van der Waals surface area contributed by atoms with Crippen molar-refractivity contribution in [3.8, 4) is 0 Å². The third-order valence-corrected chi connectivity index (χ3v) is 5.69. The third kappa shape index (κ3) is 3.17. The molecule has 25 heavy (non-hydrogen) atoms. The molecule has 0 saturated carbocycles. The first kappa shape index (κ1) is 16.2. The minimum atomic E-state index is -0.0125. The molecule has 0 N–H and O–H groups in total. The molecule has 4 rings (SSSR count). The molecule has 1 aliphatic heterocycles. The van der Waals surface area contributed by atoms with E-state index in [4.69, 9.17) is 4.42 Å². The standard InChI is InChI=1S/C18H15N3O2S2/c1-2-16-19-20-18(23-16)24-11-17(22)21-12-7-3-5-9-14(12)25-15-10-6-4-8-13(15)21/h3-10H,2,11H2,1H3. The Hall–Kier alpha value is -2.25. The first-order valence-electron chi connectivity index (χ1n) is 7.90. The Morgan fingerprint density at radius 1 is 1.08 bits per heavy atom. The van der Waals surface area contributed by atoms with Crippen LogP contribution in [0.25, 0.3) is 0 Å². The van der Waals surface area contributed by atoms with Crippen molar-refractivity contribution in [1.29, 1.82) is 0 Å². The summed E-state index contributed by atoms with van der Waals surface area (Å²) in [6, 6.07) is 15.9. The van der Waals surface area contributed by atoms with Crippen molar-refractivity contribution in [2.24, 2.45) is 0 Å². The van der Waals surface area contributed by atoms with Crippen LogP contribution in [-0.2, 0) is 11.2 Å². The summed E-state index contributed by atoms with van der Waals surface area (Å²) in [7, 11) is 0. The van der Waals surface area contributed by atoms with Crippen molar-refractivity contribution in [2.45, 2.75) is 28.4 Å². The monoisotopic (exact) mass is 369 g/mol. The number of aromatic nitrogens is 2. The molecule has 5 nitrogen and oxygen atoms in total. The van der Waals surface area contributed by atoms with E-state index in [1.807, 2.05) is 55.5 Å². The lowest BCUT2D eigenvalue weighted by atomic mass is 10.2. The highest BCUT2D eigenvalue weighted by Gasteiger charge is 2.28. The smallest absolute Gasteiger partial charge is 0.277 e. The quantitative estimate of drug-likeness (QED) is 0.629. The highest BCUT2D eigenvalue weighted by Crippen LogP contribution is 2.48. The predicted molar refractivity (Wildman–Crippen MR) is 98.6 cm³/mol. The van der Waals surface area contributed by atoms with Crippen molar-refractivity contribution in [3.05, 3.63) is 54.4 Å². The van der Waals surface area contributed by atoms with E-state index >= 15 is 0 Å². The van der Waals surface area contributed by atoms with Gasteiger partial charge in [-0.05, 0) is 24.3 Å². The number of hydrogen-bond donors (Lipinski definition) is 0. The Morgan fingerprint density at radius 2 is 1.72 bits per heavy atom. The van der Waals surface area contributed by atoms with Crippen molar-refractivity contribution < 1.29 is 9.21 Å². The van der Waals surface area contributed by atoms with Crippen LogP contribution in [0.4, 0.5) is 11.4 Å². The Bertz CT molecular complexity index is 880. The van der Waals surface area contributed by atoms with Gasteiger partial charge in [-0.3, -0.25) is 9.69 Å². The molecule has 0 unspecified atom stereocenters. The van der Waals surface area contributed by atoms with Crippen LogP contribution in [0.15, 0.2) is 68.0 Å². The summed E-state index contributed by atoms with van der Waals surface area (Å²) in [6.07, 6.45) is 0.686. The molecule has 126 valence electrons. The van der Waals surface area contributed by atoms with Crippen molar-refractivity contribution >= 4 is 40.8 Å². The van der Waals surface area contributed by atoms with Crippen LogP contribution in [0.5, 0.6) is 0 Å². The van der Waals surface area contributed by atoms with Gasteiger partial charge in [-0.2, -0.15) is 0 Å². The molecule has 0 saturated heterocycles. The van der Waals surface area contributed by atoms with Crippen LogP contribution in [0.1, 0.15) is 12.8 Å². The second-order valence-corrected chi connectivity index (χ2v) is 7.38. The largest absolute Gasteiger partial charge is 0.416 e.